The normalized spacial score (nSPS) is 13.0. The first-order chi connectivity index (χ1) is 14.3. The van der Waals surface area contributed by atoms with E-state index in [-0.39, 0.29) is 12.1 Å². The molecule has 0 amide bonds. The lowest BCUT2D eigenvalue weighted by Crippen LogP contribution is -2.23. The quantitative estimate of drug-likeness (QED) is 0.485. The summed E-state index contributed by atoms with van der Waals surface area (Å²) < 4.78 is 39.4. The van der Waals surface area contributed by atoms with Crippen LogP contribution in [0.5, 0.6) is 0 Å². The molecule has 0 saturated heterocycles. The zero-order valence-electron chi connectivity index (χ0n) is 15.8. The van der Waals surface area contributed by atoms with Gasteiger partial charge in [-0.05, 0) is 35.7 Å². The number of nitrogens with zero attached hydrogens (tertiary/aromatic N) is 2. The number of aryl methyl sites for hydroxylation is 1. The van der Waals surface area contributed by atoms with Crippen molar-refractivity contribution in [2.45, 2.75) is 25.7 Å². The van der Waals surface area contributed by atoms with E-state index in [1.54, 1.807) is 0 Å². The van der Waals surface area contributed by atoms with Gasteiger partial charge in [-0.2, -0.15) is 13.2 Å². The number of alkyl halides is 3. The van der Waals surface area contributed by atoms with Crippen molar-refractivity contribution in [3.8, 4) is 10.4 Å². The second-order valence-electron chi connectivity index (χ2n) is 6.94. The van der Waals surface area contributed by atoms with Crippen LogP contribution < -0.4 is 5.56 Å². The van der Waals surface area contributed by atoms with Gasteiger partial charge in [0.25, 0.3) is 5.56 Å². The van der Waals surface area contributed by atoms with Crippen LogP contribution in [0.25, 0.3) is 20.7 Å². The first kappa shape index (κ1) is 20.3. The van der Waals surface area contributed by atoms with E-state index in [0.29, 0.717) is 15.8 Å². The molecule has 2 heterocycles. The Bertz CT molecular complexity index is 1250. The second-order valence-corrected chi connectivity index (χ2v) is 7.94. The summed E-state index contributed by atoms with van der Waals surface area (Å²) in [6.45, 7) is 1.75. The predicted molar refractivity (Wildman–Crippen MR) is 110 cm³/mol. The van der Waals surface area contributed by atoms with Gasteiger partial charge >= 0.3 is 6.18 Å². The van der Waals surface area contributed by atoms with Crippen molar-refractivity contribution in [1.29, 1.82) is 0 Å². The third-order valence-corrected chi connectivity index (χ3v) is 6.19. The minimum absolute atomic E-state index is 0.108. The molecular formula is C22H17F3N2O2S. The lowest BCUT2D eigenvalue weighted by molar-refractivity contribution is -0.137. The van der Waals surface area contributed by atoms with E-state index in [9.17, 15) is 23.1 Å². The smallest absolute Gasteiger partial charge is 0.387 e. The number of aliphatic hydroxyl groups is 1. The number of thiophene rings is 1. The zero-order chi connectivity index (χ0) is 21.5. The Hall–Kier alpha value is -2.97. The topological polar surface area (TPSA) is 55.1 Å². The molecule has 0 aliphatic rings. The van der Waals surface area contributed by atoms with E-state index in [4.69, 9.17) is 0 Å². The number of hydrogen-bond donors (Lipinski definition) is 1. The van der Waals surface area contributed by atoms with Crippen LogP contribution in [0, 0.1) is 6.92 Å². The van der Waals surface area contributed by atoms with Gasteiger partial charge in [0.1, 0.15) is 4.83 Å². The van der Waals surface area contributed by atoms with Crippen molar-refractivity contribution in [3.63, 3.8) is 0 Å². The summed E-state index contributed by atoms with van der Waals surface area (Å²) in [7, 11) is 0. The molecule has 0 aliphatic carbocycles. The highest BCUT2D eigenvalue weighted by Gasteiger charge is 2.30. The molecule has 2 aromatic heterocycles. The predicted octanol–water partition coefficient (Wildman–Crippen LogP) is 5.19. The largest absolute Gasteiger partial charge is 0.416 e. The summed E-state index contributed by atoms with van der Waals surface area (Å²) >= 11 is 1.43. The van der Waals surface area contributed by atoms with Gasteiger partial charge in [-0.25, -0.2) is 4.98 Å². The summed E-state index contributed by atoms with van der Waals surface area (Å²) in [5.41, 5.74) is 1.02. The van der Waals surface area contributed by atoms with Gasteiger partial charge in [0.15, 0.2) is 0 Å². The SMILES string of the molecule is Cc1c(-c2ccccc2)sc2ncn(C[C@H](O)c3ccc(C(F)(F)F)cc3)c(=O)c12. The van der Waals surface area contributed by atoms with Crippen LogP contribution in [-0.4, -0.2) is 14.7 Å². The Kier molecular flexibility index (Phi) is 5.21. The fourth-order valence-corrected chi connectivity index (χ4v) is 4.48. The molecule has 0 unspecified atom stereocenters. The van der Waals surface area contributed by atoms with Crippen LogP contribution in [0.1, 0.15) is 22.8 Å². The zero-order valence-corrected chi connectivity index (χ0v) is 16.7. The fraction of sp³-hybridized carbons (Fsp3) is 0.182. The summed E-state index contributed by atoms with van der Waals surface area (Å²) in [6.07, 6.45) is -4.22. The van der Waals surface area contributed by atoms with E-state index >= 15 is 0 Å². The van der Waals surface area contributed by atoms with E-state index in [1.807, 2.05) is 37.3 Å². The maximum absolute atomic E-state index is 13.0. The number of fused-ring (bicyclic) bond motifs is 1. The highest BCUT2D eigenvalue weighted by molar-refractivity contribution is 7.22. The van der Waals surface area contributed by atoms with Crippen molar-refractivity contribution in [3.05, 3.63) is 88.0 Å². The van der Waals surface area contributed by atoms with Gasteiger partial charge in [-0.15, -0.1) is 11.3 Å². The molecular weight excluding hydrogens is 413 g/mol. The third kappa shape index (κ3) is 3.76. The van der Waals surface area contributed by atoms with Crippen molar-refractivity contribution >= 4 is 21.6 Å². The van der Waals surface area contributed by atoms with Gasteiger partial charge in [0.2, 0.25) is 0 Å². The molecule has 30 heavy (non-hydrogen) atoms. The number of aromatic nitrogens is 2. The number of aliphatic hydroxyl groups excluding tert-OH is 1. The van der Waals surface area contributed by atoms with Gasteiger partial charge in [-0.3, -0.25) is 9.36 Å². The standard InChI is InChI=1S/C22H17F3N2O2S/c1-13-18-20(30-19(13)15-5-3-2-4-6-15)26-12-27(21(18)29)11-17(28)14-7-9-16(10-8-14)22(23,24)25/h2-10,12,17,28H,11H2,1H3/t17-/m0/s1. The van der Waals surface area contributed by atoms with Crippen molar-refractivity contribution in [2.75, 3.05) is 0 Å². The van der Waals surface area contributed by atoms with Crippen LogP contribution in [0.3, 0.4) is 0 Å². The van der Waals surface area contributed by atoms with Gasteiger partial charge < -0.3 is 5.11 Å². The molecule has 0 spiro atoms. The van der Waals surface area contributed by atoms with Crippen LogP contribution in [-0.2, 0) is 12.7 Å². The molecule has 2 aromatic carbocycles. The Morgan fingerprint density at radius 2 is 1.77 bits per heavy atom. The van der Waals surface area contributed by atoms with Gasteiger partial charge in [0, 0.05) is 4.88 Å². The number of halogens is 3. The van der Waals surface area contributed by atoms with Crippen molar-refractivity contribution < 1.29 is 18.3 Å². The molecule has 154 valence electrons. The average molecular weight is 430 g/mol. The Balaban J connectivity index is 1.66. The number of rotatable bonds is 4. The summed E-state index contributed by atoms with van der Waals surface area (Å²) in [5.74, 6) is 0. The summed E-state index contributed by atoms with van der Waals surface area (Å²) in [5, 5.41) is 10.9. The Morgan fingerprint density at radius 1 is 1.10 bits per heavy atom. The van der Waals surface area contributed by atoms with E-state index < -0.39 is 17.8 Å². The van der Waals surface area contributed by atoms with Crippen LogP contribution in [0.4, 0.5) is 13.2 Å². The molecule has 8 heteroatoms. The van der Waals surface area contributed by atoms with E-state index in [0.717, 1.165) is 28.1 Å². The van der Waals surface area contributed by atoms with E-state index in [2.05, 4.69) is 4.98 Å². The third-order valence-electron chi connectivity index (χ3n) is 4.95. The lowest BCUT2D eigenvalue weighted by atomic mass is 10.1. The molecule has 4 rings (SSSR count). The maximum atomic E-state index is 13.0. The van der Waals surface area contributed by atoms with Gasteiger partial charge in [-0.1, -0.05) is 42.5 Å². The molecule has 4 nitrogen and oxygen atoms in total. The van der Waals surface area contributed by atoms with Crippen LogP contribution >= 0.6 is 11.3 Å². The molecule has 1 atom stereocenters. The molecule has 0 radical (unpaired) electrons. The molecule has 0 saturated carbocycles. The first-order valence-electron chi connectivity index (χ1n) is 9.15. The summed E-state index contributed by atoms with van der Waals surface area (Å²) in [4.78, 5) is 18.9. The van der Waals surface area contributed by atoms with Crippen LogP contribution in [0.2, 0.25) is 0 Å². The minimum Gasteiger partial charge on any atom is -0.387 e. The first-order valence-corrected chi connectivity index (χ1v) is 9.96. The monoisotopic (exact) mass is 430 g/mol. The second kappa shape index (κ2) is 7.70. The van der Waals surface area contributed by atoms with E-state index in [1.165, 1.54) is 34.4 Å². The van der Waals surface area contributed by atoms with Crippen molar-refractivity contribution in [2.24, 2.45) is 0 Å². The fourth-order valence-electron chi connectivity index (χ4n) is 3.34. The molecule has 0 aliphatic heterocycles. The maximum Gasteiger partial charge on any atom is 0.416 e. The lowest BCUT2D eigenvalue weighted by Gasteiger charge is -2.14. The highest BCUT2D eigenvalue weighted by Crippen LogP contribution is 2.35. The average Bonchev–Trinajstić information content (AvgIpc) is 3.07. The molecule has 4 aromatic rings. The van der Waals surface area contributed by atoms with Crippen molar-refractivity contribution in [1.82, 2.24) is 9.55 Å². The highest BCUT2D eigenvalue weighted by atomic mass is 32.1. The molecule has 0 bridgehead atoms. The van der Waals surface area contributed by atoms with Crippen LogP contribution in [0.15, 0.2) is 65.7 Å². The minimum atomic E-state index is -4.44. The van der Waals surface area contributed by atoms with Gasteiger partial charge in [0.05, 0.1) is 29.9 Å². The summed E-state index contributed by atoms with van der Waals surface area (Å²) in [6, 6.07) is 13.9. The number of hydrogen-bond acceptors (Lipinski definition) is 4. The Morgan fingerprint density at radius 3 is 2.40 bits per heavy atom. The number of benzene rings is 2. The molecule has 1 N–H and O–H groups in total. The molecule has 0 fully saturated rings. The Labute approximate surface area is 173 Å².